The van der Waals surface area contributed by atoms with Crippen LogP contribution in [0.3, 0.4) is 0 Å². The summed E-state index contributed by atoms with van der Waals surface area (Å²) in [5.74, 6) is -0.561. The Kier molecular flexibility index (Phi) is 3.84. The van der Waals surface area contributed by atoms with Crippen LogP contribution in [0.5, 0.6) is 0 Å². The Labute approximate surface area is 110 Å². The number of rotatable bonds is 5. The second-order valence-electron chi connectivity index (χ2n) is 4.35. The Hall–Kier alpha value is -2.31. The van der Waals surface area contributed by atoms with E-state index < -0.39 is 12.0 Å². The monoisotopic (exact) mass is 261 g/mol. The normalized spacial score (nSPS) is 14.0. The van der Waals surface area contributed by atoms with Crippen molar-refractivity contribution in [2.45, 2.75) is 26.3 Å². The van der Waals surface area contributed by atoms with Crippen molar-refractivity contribution in [2.75, 3.05) is 0 Å². The highest BCUT2D eigenvalue weighted by molar-refractivity contribution is 5.73. The van der Waals surface area contributed by atoms with Crippen LogP contribution in [0.25, 0.3) is 11.4 Å². The van der Waals surface area contributed by atoms with Crippen LogP contribution in [0.2, 0.25) is 0 Å². The van der Waals surface area contributed by atoms with Crippen LogP contribution >= 0.6 is 0 Å². The summed E-state index contributed by atoms with van der Waals surface area (Å²) < 4.78 is 1.37. The van der Waals surface area contributed by atoms with Gasteiger partial charge in [-0.05, 0) is 28.5 Å². The number of tetrazole rings is 1. The standard InChI is InChI=1S/C12H15N5O2/c1-3-8(2)10(12(18)19)17-11(14-15-16-17)9-4-6-13-7-5-9/h4-8,10H,3H2,1-2H3,(H,18,19). The summed E-state index contributed by atoms with van der Waals surface area (Å²) in [6.45, 7) is 3.81. The zero-order valence-electron chi connectivity index (χ0n) is 10.8. The molecule has 2 atom stereocenters. The second kappa shape index (κ2) is 5.55. The molecule has 0 aliphatic carbocycles. The van der Waals surface area contributed by atoms with Crippen LogP contribution in [-0.2, 0) is 4.79 Å². The minimum absolute atomic E-state index is 0.0680. The lowest BCUT2D eigenvalue weighted by atomic mass is 9.99. The zero-order chi connectivity index (χ0) is 13.8. The molecule has 0 amide bonds. The average Bonchev–Trinajstić information content (AvgIpc) is 2.88. The molecule has 0 radical (unpaired) electrons. The van der Waals surface area contributed by atoms with Crippen molar-refractivity contribution in [3.63, 3.8) is 0 Å². The molecule has 0 aliphatic heterocycles. The Morgan fingerprint density at radius 2 is 2.11 bits per heavy atom. The van der Waals surface area contributed by atoms with Crippen molar-refractivity contribution in [3.05, 3.63) is 24.5 Å². The molecule has 0 saturated heterocycles. The fourth-order valence-corrected chi connectivity index (χ4v) is 1.88. The smallest absolute Gasteiger partial charge is 0.328 e. The number of aliphatic carboxylic acids is 1. The number of carbonyl (C=O) groups is 1. The van der Waals surface area contributed by atoms with Crippen LogP contribution < -0.4 is 0 Å². The van der Waals surface area contributed by atoms with Crippen LogP contribution in [0, 0.1) is 5.92 Å². The van der Waals surface area contributed by atoms with Gasteiger partial charge >= 0.3 is 5.97 Å². The molecule has 19 heavy (non-hydrogen) atoms. The first-order valence-corrected chi connectivity index (χ1v) is 6.06. The quantitative estimate of drug-likeness (QED) is 0.874. The first-order valence-electron chi connectivity index (χ1n) is 6.06. The summed E-state index contributed by atoms with van der Waals surface area (Å²) in [5.41, 5.74) is 0.745. The third-order valence-corrected chi connectivity index (χ3v) is 3.13. The minimum atomic E-state index is -0.933. The van der Waals surface area contributed by atoms with Gasteiger partial charge in [0.15, 0.2) is 11.9 Å². The van der Waals surface area contributed by atoms with Gasteiger partial charge in [-0.3, -0.25) is 4.98 Å². The molecule has 0 aromatic carbocycles. The lowest BCUT2D eigenvalue weighted by Gasteiger charge is -2.19. The second-order valence-corrected chi connectivity index (χ2v) is 4.35. The van der Waals surface area contributed by atoms with Gasteiger partial charge in [0.2, 0.25) is 0 Å². The maximum atomic E-state index is 11.5. The maximum absolute atomic E-state index is 11.5. The van der Waals surface area contributed by atoms with E-state index in [0.717, 1.165) is 12.0 Å². The first kappa shape index (κ1) is 13.1. The average molecular weight is 261 g/mol. The first-order chi connectivity index (χ1) is 9.15. The van der Waals surface area contributed by atoms with Crippen molar-refractivity contribution in [1.29, 1.82) is 0 Å². The van der Waals surface area contributed by atoms with Crippen LogP contribution in [0.4, 0.5) is 0 Å². The van der Waals surface area contributed by atoms with Gasteiger partial charge in [-0.25, -0.2) is 9.48 Å². The number of hydrogen-bond acceptors (Lipinski definition) is 5. The molecule has 0 spiro atoms. The molecule has 0 saturated carbocycles. The molecule has 0 fully saturated rings. The SMILES string of the molecule is CCC(C)C(C(=O)O)n1nnnc1-c1ccncc1. The van der Waals surface area contributed by atoms with Gasteiger partial charge in [-0.1, -0.05) is 20.3 Å². The third-order valence-electron chi connectivity index (χ3n) is 3.13. The van der Waals surface area contributed by atoms with Gasteiger partial charge in [0.25, 0.3) is 0 Å². The molecule has 2 aromatic rings. The zero-order valence-corrected chi connectivity index (χ0v) is 10.8. The van der Waals surface area contributed by atoms with Gasteiger partial charge < -0.3 is 5.11 Å². The van der Waals surface area contributed by atoms with E-state index in [4.69, 9.17) is 0 Å². The van der Waals surface area contributed by atoms with Gasteiger partial charge in [0.05, 0.1) is 0 Å². The van der Waals surface area contributed by atoms with Crippen molar-refractivity contribution in [2.24, 2.45) is 5.92 Å². The number of hydrogen-bond donors (Lipinski definition) is 1. The van der Waals surface area contributed by atoms with E-state index in [1.807, 2.05) is 13.8 Å². The number of aromatic nitrogens is 5. The molecule has 2 unspecified atom stereocenters. The predicted octanol–water partition coefficient (Wildman–Crippen LogP) is 1.41. The Morgan fingerprint density at radius 3 is 2.68 bits per heavy atom. The molecular formula is C12H15N5O2. The Balaban J connectivity index is 2.46. The van der Waals surface area contributed by atoms with E-state index in [9.17, 15) is 9.90 Å². The molecule has 0 bridgehead atoms. The summed E-state index contributed by atoms with van der Waals surface area (Å²) in [5, 5.41) is 20.7. The number of carboxylic acid groups (broad SMARTS) is 1. The Morgan fingerprint density at radius 1 is 1.42 bits per heavy atom. The summed E-state index contributed by atoms with van der Waals surface area (Å²) in [4.78, 5) is 15.4. The van der Waals surface area contributed by atoms with E-state index in [1.165, 1.54) is 4.68 Å². The van der Waals surface area contributed by atoms with Crippen molar-refractivity contribution >= 4 is 5.97 Å². The van der Waals surface area contributed by atoms with E-state index in [2.05, 4.69) is 20.5 Å². The molecule has 0 aliphatic rings. The fraction of sp³-hybridized carbons (Fsp3) is 0.417. The van der Waals surface area contributed by atoms with Gasteiger partial charge in [-0.15, -0.1) is 5.10 Å². The topological polar surface area (TPSA) is 93.8 Å². The summed E-state index contributed by atoms with van der Waals surface area (Å²) in [6.07, 6.45) is 3.97. The highest BCUT2D eigenvalue weighted by Gasteiger charge is 2.29. The summed E-state index contributed by atoms with van der Waals surface area (Å²) >= 11 is 0. The Bertz CT molecular complexity index is 554. The van der Waals surface area contributed by atoms with Crippen LogP contribution in [0.1, 0.15) is 26.3 Å². The van der Waals surface area contributed by atoms with Gasteiger partial charge in [0.1, 0.15) is 0 Å². The lowest BCUT2D eigenvalue weighted by molar-refractivity contribution is -0.142. The molecular weight excluding hydrogens is 246 g/mol. The highest BCUT2D eigenvalue weighted by Crippen LogP contribution is 2.25. The summed E-state index contributed by atoms with van der Waals surface area (Å²) in [7, 11) is 0. The molecule has 2 heterocycles. The highest BCUT2D eigenvalue weighted by atomic mass is 16.4. The molecule has 1 N–H and O–H groups in total. The van der Waals surface area contributed by atoms with Crippen molar-refractivity contribution < 1.29 is 9.90 Å². The third kappa shape index (κ3) is 2.59. The fourth-order valence-electron chi connectivity index (χ4n) is 1.88. The molecule has 100 valence electrons. The van der Waals surface area contributed by atoms with Gasteiger partial charge in [0, 0.05) is 18.0 Å². The van der Waals surface area contributed by atoms with Gasteiger partial charge in [-0.2, -0.15) is 0 Å². The van der Waals surface area contributed by atoms with E-state index in [0.29, 0.717) is 5.82 Å². The summed E-state index contributed by atoms with van der Waals surface area (Å²) in [6, 6.07) is 2.72. The lowest BCUT2D eigenvalue weighted by Crippen LogP contribution is -2.27. The van der Waals surface area contributed by atoms with E-state index in [-0.39, 0.29) is 5.92 Å². The van der Waals surface area contributed by atoms with E-state index >= 15 is 0 Å². The van der Waals surface area contributed by atoms with Crippen LogP contribution in [0.15, 0.2) is 24.5 Å². The predicted molar refractivity (Wildman–Crippen MR) is 67.2 cm³/mol. The van der Waals surface area contributed by atoms with Crippen molar-refractivity contribution in [1.82, 2.24) is 25.2 Å². The maximum Gasteiger partial charge on any atom is 0.328 e. The molecule has 2 aromatic heterocycles. The molecule has 7 heteroatoms. The molecule has 2 rings (SSSR count). The largest absolute Gasteiger partial charge is 0.480 e. The van der Waals surface area contributed by atoms with E-state index in [1.54, 1.807) is 24.5 Å². The number of pyridine rings is 1. The number of carboxylic acids is 1. The minimum Gasteiger partial charge on any atom is -0.480 e. The number of nitrogens with zero attached hydrogens (tertiary/aromatic N) is 5. The molecule has 7 nitrogen and oxygen atoms in total. The van der Waals surface area contributed by atoms with Crippen molar-refractivity contribution in [3.8, 4) is 11.4 Å². The van der Waals surface area contributed by atoms with Crippen LogP contribution in [-0.4, -0.2) is 36.3 Å².